The summed E-state index contributed by atoms with van der Waals surface area (Å²) in [5.41, 5.74) is 2.38. The number of thiocarbonyl (C=S) groups is 1. The molecule has 1 fully saturated rings. The van der Waals surface area contributed by atoms with Crippen LogP contribution in [0.1, 0.15) is 19.4 Å². The minimum atomic E-state index is -0.794. The minimum Gasteiger partial charge on any atom is -0.304 e. The number of hydrogen-bond acceptors (Lipinski definition) is 2. The summed E-state index contributed by atoms with van der Waals surface area (Å²) in [7, 11) is 0. The van der Waals surface area contributed by atoms with Crippen molar-refractivity contribution < 1.29 is 4.79 Å². The molecule has 0 saturated carbocycles. The van der Waals surface area contributed by atoms with E-state index in [4.69, 9.17) is 18.8 Å². The van der Waals surface area contributed by atoms with E-state index in [1.54, 1.807) is 18.2 Å². The molecule has 25 heavy (non-hydrogen) atoms. The van der Waals surface area contributed by atoms with Crippen molar-refractivity contribution in [2.24, 2.45) is 0 Å². The molecule has 0 spiro atoms. The first-order chi connectivity index (χ1) is 11.8. The van der Waals surface area contributed by atoms with Gasteiger partial charge in [-0.3, -0.25) is 9.69 Å². The van der Waals surface area contributed by atoms with Crippen LogP contribution in [0, 0.1) is 13.5 Å². The van der Waals surface area contributed by atoms with Crippen LogP contribution in [0.2, 0.25) is 0 Å². The average molecular weight is 414 g/mol. The maximum absolute atomic E-state index is 13.1. The van der Waals surface area contributed by atoms with Gasteiger partial charge in [0.25, 0.3) is 5.91 Å². The van der Waals surface area contributed by atoms with Crippen LogP contribution in [0.5, 0.6) is 0 Å². The van der Waals surface area contributed by atoms with E-state index in [2.05, 4.69) is 20.8 Å². The Morgan fingerprint density at radius 3 is 2.28 bits per heavy atom. The predicted molar refractivity (Wildman–Crippen MR) is 108 cm³/mol. The van der Waals surface area contributed by atoms with E-state index in [1.165, 1.54) is 4.90 Å². The van der Waals surface area contributed by atoms with Gasteiger partial charge >= 0.3 is 0 Å². The van der Waals surface area contributed by atoms with Crippen molar-refractivity contribution >= 4 is 56.2 Å². The molecule has 4 nitrogen and oxygen atoms in total. The number of aryl methyl sites for hydroxylation is 1. The number of halogens is 1. The monoisotopic (exact) mass is 413 g/mol. The van der Waals surface area contributed by atoms with Crippen LogP contribution in [-0.4, -0.2) is 16.6 Å². The zero-order valence-corrected chi connectivity index (χ0v) is 16.5. The van der Waals surface area contributed by atoms with Crippen LogP contribution in [0.15, 0.2) is 46.9 Å². The van der Waals surface area contributed by atoms with Crippen LogP contribution >= 0.6 is 28.1 Å². The Morgan fingerprint density at radius 1 is 1.12 bits per heavy atom. The van der Waals surface area contributed by atoms with Crippen LogP contribution in [0.3, 0.4) is 0 Å². The molecule has 0 aromatic heterocycles. The Kier molecular flexibility index (Phi) is 4.40. The lowest BCUT2D eigenvalue weighted by atomic mass is 10.0. The molecule has 1 saturated heterocycles. The van der Waals surface area contributed by atoms with Crippen molar-refractivity contribution in [3.63, 3.8) is 0 Å². The van der Waals surface area contributed by atoms with Gasteiger partial charge in [0.15, 0.2) is 5.11 Å². The normalized spacial score (nSPS) is 16.3. The number of anilines is 2. The fraction of sp³-hybridized carbons (Fsp3) is 0.211. The molecule has 0 unspecified atom stereocenters. The van der Waals surface area contributed by atoms with Crippen LogP contribution in [-0.2, 0) is 4.79 Å². The Hall–Kier alpha value is -2.23. The highest BCUT2D eigenvalue weighted by atomic mass is 79.9. The quantitative estimate of drug-likeness (QED) is 0.498. The molecule has 126 valence electrons. The van der Waals surface area contributed by atoms with Crippen LogP contribution in [0.25, 0.3) is 4.85 Å². The average Bonchev–Trinajstić information content (AvgIpc) is 2.74. The first-order valence-corrected chi connectivity index (χ1v) is 8.90. The molecule has 0 aliphatic carbocycles. The fourth-order valence-corrected chi connectivity index (χ4v) is 3.85. The van der Waals surface area contributed by atoms with E-state index < -0.39 is 5.54 Å². The number of rotatable bonds is 2. The molecule has 6 heteroatoms. The van der Waals surface area contributed by atoms with Crippen molar-refractivity contribution in [3.05, 3.63) is 63.9 Å². The zero-order chi connectivity index (χ0) is 18.4. The second-order valence-corrected chi connectivity index (χ2v) is 7.62. The first kappa shape index (κ1) is 17.6. The van der Waals surface area contributed by atoms with Gasteiger partial charge < -0.3 is 4.90 Å². The van der Waals surface area contributed by atoms with E-state index in [0.717, 1.165) is 11.3 Å². The highest BCUT2D eigenvalue weighted by Crippen LogP contribution is 2.38. The lowest BCUT2D eigenvalue weighted by Crippen LogP contribution is -2.44. The maximum atomic E-state index is 13.1. The Bertz CT molecular complexity index is 915. The molecule has 2 aromatic carbocycles. The van der Waals surface area contributed by atoms with Gasteiger partial charge in [0.2, 0.25) is 5.69 Å². The number of carbonyl (C=O) groups excluding carboxylic acids is 1. The summed E-state index contributed by atoms with van der Waals surface area (Å²) in [6, 6.07) is 13.1. The highest BCUT2D eigenvalue weighted by Gasteiger charge is 2.50. The Labute approximate surface area is 161 Å². The third-order valence-electron chi connectivity index (χ3n) is 4.27. The molecule has 1 aliphatic heterocycles. The molecular formula is C19H16BrN3OS. The maximum Gasteiger partial charge on any atom is 0.259 e. The highest BCUT2D eigenvalue weighted by molar-refractivity contribution is 9.10. The molecular weight excluding hydrogens is 398 g/mol. The van der Waals surface area contributed by atoms with Crippen molar-refractivity contribution in [1.82, 2.24) is 0 Å². The van der Waals surface area contributed by atoms with Gasteiger partial charge in [0.05, 0.1) is 6.57 Å². The molecule has 1 aliphatic rings. The third kappa shape index (κ3) is 2.84. The van der Waals surface area contributed by atoms with Gasteiger partial charge in [0, 0.05) is 15.8 Å². The summed E-state index contributed by atoms with van der Waals surface area (Å²) < 4.78 is 0.641. The smallest absolute Gasteiger partial charge is 0.259 e. The molecule has 0 atom stereocenters. The van der Waals surface area contributed by atoms with Crippen molar-refractivity contribution in [3.8, 4) is 0 Å². The summed E-state index contributed by atoms with van der Waals surface area (Å²) in [6.07, 6.45) is 0. The third-order valence-corrected chi connectivity index (χ3v) is 5.27. The van der Waals surface area contributed by atoms with E-state index >= 15 is 0 Å². The predicted octanol–water partition coefficient (Wildman–Crippen LogP) is 5.23. The van der Waals surface area contributed by atoms with E-state index in [1.807, 2.05) is 49.9 Å². The Balaban J connectivity index is 2.07. The molecule has 1 heterocycles. The number of nitrogens with zero attached hydrogens (tertiary/aromatic N) is 3. The second-order valence-electron chi connectivity index (χ2n) is 6.40. The van der Waals surface area contributed by atoms with Crippen LogP contribution in [0.4, 0.5) is 17.1 Å². The zero-order valence-electron chi connectivity index (χ0n) is 14.1. The summed E-state index contributed by atoms with van der Waals surface area (Å²) in [5, 5.41) is 0.432. The van der Waals surface area contributed by atoms with Gasteiger partial charge in [-0.05, 0) is 57.3 Å². The van der Waals surface area contributed by atoms with E-state index in [-0.39, 0.29) is 5.91 Å². The first-order valence-electron chi connectivity index (χ1n) is 7.70. The van der Waals surface area contributed by atoms with Crippen molar-refractivity contribution in [2.45, 2.75) is 26.3 Å². The largest absolute Gasteiger partial charge is 0.304 e. The summed E-state index contributed by atoms with van der Waals surface area (Å²) in [6.45, 7) is 12.9. The molecule has 1 amide bonds. The van der Waals surface area contributed by atoms with Gasteiger partial charge in [-0.25, -0.2) is 4.85 Å². The molecule has 0 N–H and O–H groups in total. The molecule has 0 bridgehead atoms. The molecule has 3 rings (SSSR count). The number of benzene rings is 2. The molecule has 2 aromatic rings. The summed E-state index contributed by atoms with van der Waals surface area (Å²) in [5.74, 6) is -0.0967. The van der Waals surface area contributed by atoms with Gasteiger partial charge in [0.1, 0.15) is 5.54 Å². The van der Waals surface area contributed by atoms with Gasteiger partial charge in [-0.15, -0.1) is 0 Å². The fourth-order valence-electron chi connectivity index (χ4n) is 2.88. The van der Waals surface area contributed by atoms with E-state index in [9.17, 15) is 4.79 Å². The van der Waals surface area contributed by atoms with Crippen molar-refractivity contribution in [1.29, 1.82) is 0 Å². The van der Waals surface area contributed by atoms with Crippen LogP contribution < -0.4 is 9.80 Å². The number of carbonyl (C=O) groups is 1. The van der Waals surface area contributed by atoms with Gasteiger partial charge in [-0.1, -0.05) is 39.7 Å². The topological polar surface area (TPSA) is 27.9 Å². The lowest BCUT2D eigenvalue weighted by Gasteiger charge is -2.29. The van der Waals surface area contributed by atoms with E-state index in [0.29, 0.717) is 21.0 Å². The summed E-state index contributed by atoms with van der Waals surface area (Å²) >= 11 is 9.03. The summed E-state index contributed by atoms with van der Waals surface area (Å²) in [4.78, 5) is 19.9. The number of amides is 1. The second kappa shape index (κ2) is 6.25. The Morgan fingerprint density at radius 2 is 1.72 bits per heavy atom. The lowest BCUT2D eigenvalue weighted by molar-refractivity contribution is -0.120. The minimum absolute atomic E-state index is 0.0967. The number of hydrogen-bond donors (Lipinski definition) is 0. The SMILES string of the molecule is [C-]#[N+]c1ccc(N2C(=O)C(C)(C)N(c3ccc(C)cc3)C2=S)cc1Br. The van der Waals surface area contributed by atoms with Crippen molar-refractivity contribution in [2.75, 3.05) is 9.80 Å². The van der Waals surface area contributed by atoms with Gasteiger partial charge in [-0.2, -0.15) is 0 Å². The molecule has 0 radical (unpaired) electrons. The standard InChI is InChI=1S/C19H16BrN3OS/c1-12-5-7-13(8-6-12)23-18(25)22(17(24)19(23,2)3)14-9-10-16(21-4)15(20)11-14/h5-11H,1-3H3.